The average Bonchev–Trinajstić information content (AvgIpc) is 3.42. The van der Waals surface area contributed by atoms with Gasteiger partial charge in [0.1, 0.15) is 0 Å². The third-order valence-electron chi connectivity index (χ3n) is 5.83. The van der Waals surface area contributed by atoms with E-state index in [2.05, 4.69) is 10.6 Å². The monoisotopic (exact) mass is 476 g/mol. The first-order valence-corrected chi connectivity index (χ1v) is 12.2. The minimum atomic E-state index is -0.197. The molecule has 8 heteroatoms. The van der Waals surface area contributed by atoms with Gasteiger partial charge in [0.2, 0.25) is 5.91 Å². The highest BCUT2D eigenvalue weighted by atomic mass is 32.1. The number of hydrogen-bond acceptors (Lipinski definition) is 5. The SMILES string of the molecule is Cc1ccc(CNC(=O)c2ccccc2NCC(=O)N2CCN(C(=O)c3cccs3)CC2)cc1. The Kier molecular flexibility index (Phi) is 7.59. The molecule has 1 aliphatic heterocycles. The maximum Gasteiger partial charge on any atom is 0.264 e. The molecule has 0 radical (unpaired) electrons. The standard InChI is InChI=1S/C26H28N4O3S/c1-19-8-10-20(11-9-19)17-28-25(32)21-5-2-3-6-22(21)27-18-24(31)29-12-14-30(15-13-29)26(33)23-7-4-16-34-23/h2-11,16,27H,12-15,17-18H2,1H3,(H,28,32). The molecule has 34 heavy (non-hydrogen) atoms. The first-order chi connectivity index (χ1) is 16.5. The molecule has 4 rings (SSSR count). The van der Waals surface area contributed by atoms with Crippen LogP contribution in [0.15, 0.2) is 66.0 Å². The van der Waals surface area contributed by atoms with E-state index in [1.54, 1.807) is 28.0 Å². The first-order valence-electron chi connectivity index (χ1n) is 11.3. The van der Waals surface area contributed by atoms with E-state index in [9.17, 15) is 14.4 Å². The highest BCUT2D eigenvalue weighted by molar-refractivity contribution is 7.12. The second kappa shape index (κ2) is 11.0. The topological polar surface area (TPSA) is 81.8 Å². The largest absolute Gasteiger partial charge is 0.376 e. The number of nitrogens with one attached hydrogen (secondary N) is 2. The molecule has 0 spiro atoms. The molecule has 1 saturated heterocycles. The van der Waals surface area contributed by atoms with Crippen molar-refractivity contribution < 1.29 is 14.4 Å². The lowest BCUT2D eigenvalue weighted by Gasteiger charge is -2.34. The Morgan fingerprint density at radius 3 is 2.29 bits per heavy atom. The molecule has 3 amide bonds. The summed E-state index contributed by atoms with van der Waals surface area (Å²) in [5, 5.41) is 7.95. The van der Waals surface area contributed by atoms with Crippen molar-refractivity contribution in [3.05, 3.63) is 87.6 Å². The van der Waals surface area contributed by atoms with E-state index in [1.165, 1.54) is 16.9 Å². The van der Waals surface area contributed by atoms with Gasteiger partial charge < -0.3 is 20.4 Å². The van der Waals surface area contributed by atoms with Crippen molar-refractivity contribution >= 4 is 34.7 Å². The van der Waals surface area contributed by atoms with Crippen LogP contribution in [0.4, 0.5) is 5.69 Å². The lowest BCUT2D eigenvalue weighted by atomic mass is 10.1. The third kappa shape index (κ3) is 5.82. The van der Waals surface area contributed by atoms with Crippen LogP contribution in [0, 0.1) is 6.92 Å². The summed E-state index contributed by atoms with van der Waals surface area (Å²) in [6.07, 6.45) is 0. The predicted molar refractivity (Wildman–Crippen MR) is 134 cm³/mol. The van der Waals surface area contributed by atoms with Gasteiger partial charge in [0.15, 0.2) is 0 Å². The van der Waals surface area contributed by atoms with E-state index in [-0.39, 0.29) is 24.3 Å². The van der Waals surface area contributed by atoms with Gasteiger partial charge in [-0.05, 0) is 36.1 Å². The Bertz CT molecular complexity index is 1140. The fourth-order valence-electron chi connectivity index (χ4n) is 3.82. The molecule has 7 nitrogen and oxygen atoms in total. The summed E-state index contributed by atoms with van der Waals surface area (Å²) >= 11 is 1.43. The zero-order valence-electron chi connectivity index (χ0n) is 19.1. The maximum atomic E-state index is 12.8. The Hall–Kier alpha value is -3.65. The van der Waals surface area contributed by atoms with Crippen molar-refractivity contribution in [3.63, 3.8) is 0 Å². The molecule has 0 atom stereocenters. The molecule has 1 aliphatic rings. The second-order valence-electron chi connectivity index (χ2n) is 8.22. The lowest BCUT2D eigenvalue weighted by molar-refractivity contribution is -0.130. The second-order valence-corrected chi connectivity index (χ2v) is 9.17. The molecule has 0 unspecified atom stereocenters. The predicted octanol–water partition coefficient (Wildman–Crippen LogP) is 3.38. The zero-order valence-corrected chi connectivity index (χ0v) is 19.9. The highest BCUT2D eigenvalue weighted by Crippen LogP contribution is 2.16. The van der Waals surface area contributed by atoms with Crippen molar-refractivity contribution in [2.45, 2.75) is 13.5 Å². The van der Waals surface area contributed by atoms with E-state index >= 15 is 0 Å². The van der Waals surface area contributed by atoms with Crippen LogP contribution in [0.3, 0.4) is 0 Å². The van der Waals surface area contributed by atoms with Crippen molar-refractivity contribution in [3.8, 4) is 0 Å². The summed E-state index contributed by atoms with van der Waals surface area (Å²) in [4.78, 5) is 42.3. The molecule has 0 aliphatic carbocycles. The average molecular weight is 477 g/mol. The highest BCUT2D eigenvalue weighted by Gasteiger charge is 2.25. The van der Waals surface area contributed by atoms with E-state index in [1.807, 2.05) is 54.8 Å². The van der Waals surface area contributed by atoms with Gasteiger partial charge >= 0.3 is 0 Å². The van der Waals surface area contributed by atoms with Crippen LogP contribution < -0.4 is 10.6 Å². The third-order valence-corrected chi connectivity index (χ3v) is 6.68. The fourth-order valence-corrected chi connectivity index (χ4v) is 4.51. The van der Waals surface area contributed by atoms with E-state index < -0.39 is 0 Å². The van der Waals surface area contributed by atoms with Gasteiger partial charge in [0, 0.05) is 38.4 Å². The minimum Gasteiger partial charge on any atom is -0.376 e. The molecule has 1 fully saturated rings. The van der Waals surface area contributed by atoms with Gasteiger partial charge in [-0.3, -0.25) is 14.4 Å². The Labute approximate surface area is 203 Å². The van der Waals surface area contributed by atoms with Crippen LogP contribution in [-0.4, -0.2) is 60.2 Å². The molecule has 0 saturated carbocycles. The van der Waals surface area contributed by atoms with Crippen molar-refractivity contribution in [1.29, 1.82) is 0 Å². The first kappa shape index (κ1) is 23.5. The van der Waals surface area contributed by atoms with Gasteiger partial charge in [-0.15, -0.1) is 11.3 Å². The summed E-state index contributed by atoms with van der Waals surface area (Å²) in [6, 6.07) is 18.9. The number of aryl methyl sites for hydroxylation is 1. The van der Waals surface area contributed by atoms with Gasteiger partial charge in [-0.25, -0.2) is 0 Å². The molecular weight excluding hydrogens is 448 g/mol. The number of hydrogen-bond donors (Lipinski definition) is 2. The Morgan fingerprint density at radius 1 is 0.882 bits per heavy atom. The number of amides is 3. The Balaban J connectivity index is 1.28. The maximum absolute atomic E-state index is 12.8. The zero-order chi connectivity index (χ0) is 23.9. The lowest BCUT2D eigenvalue weighted by Crippen LogP contribution is -2.51. The van der Waals surface area contributed by atoms with Crippen LogP contribution in [0.1, 0.15) is 31.2 Å². The molecule has 2 N–H and O–H groups in total. The van der Waals surface area contributed by atoms with Crippen LogP contribution >= 0.6 is 11.3 Å². The van der Waals surface area contributed by atoms with E-state index in [4.69, 9.17) is 0 Å². The van der Waals surface area contributed by atoms with Gasteiger partial charge in [0.25, 0.3) is 11.8 Å². The van der Waals surface area contributed by atoms with Crippen molar-refractivity contribution in [2.75, 3.05) is 38.0 Å². The van der Waals surface area contributed by atoms with Crippen LogP contribution in [0.25, 0.3) is 0 Å². The van der Waals surface area contributed by atoms with Crippen molar-refractivity contribution in [2.24, 2.45) is 0 Å². The van der Waals surface area contributed by atoms with Gasteiger partial charge in [-0.1, -0.05) is 48.0 Å². The molecule has 176 valence electrons. The molecule has 3 aromatic rings. The smallest absolute Gasteiger partial charge is 0.264 e. The molecular formula is C26H28N4O3S. The number of carbonyl (C=O) groups excluding carboxylic acids is 3. The fraction of sp³-hybridized carbons (Fsp3) is 0.269. The summed E-state index contributed by atoms with van der Waals surface area (Å²) in [5.41, 5.74) is 3.30. The molecule has 2 heterocycles. The summed E-state index contributed by atoms with van der Waals surface area (Å²) < 4.78 is 0. The number of piperazine rings is 1. The number of thiophene rings is 1. The van der Waals surface area contributed by atoms with E-state index in [0.717, 1.165) is 10.4 Å². The summed E-state index contributed by atoms with van der Waals surface area (Å²) in [7, 11) is 0. The van der Waals surface area contributed by atoms with Crippen LogP contribution in [-0.2, 0) is 11.3 Å². The van der Waals surface area contributed by atoms with Gasteiger partial charge in [0.05, 0.1) is 17.0 Å². The normalized spacial score (nSPS) is 13.4. The number of anilines is 1. The minimum absolute atomic E-state index is 0.0193. The summed E-state index contributed by atoms with van der Waals surface area (Å²) in [6.45, 7) is 4.56. The number of benzene rings is 2. The number of nitrogens with zero attached hydrogens (tertiary/aromatic N) is 2. The Morgan fingerprint density at radius 2 is 1.59 bits per heavy atom. The molecule has 2 aromatic carbocycles. The number of para-hydroxylation sites is 1. The number of carbonyl (C=O) groups is 3. The summed E-state index contributed by atoms with van der Waals surface area (Å²) in [5.74, 6) is -0.235. The molecule has 1 aromatic heterocycles. The van der Waals surface area contributed by atoms with Crippen LogP contribution in [0.2, 0.25) is 0 Å². The van der Waals surface area contributed by atoms with Crippen molar-refractivity contribution in [1.82, 2.24) is 15.1 Å². The molecule has 0 bridgehead atoms. The quantitative estimate of drug-likeness (QED) is 0.548. The van der Waals surface area contributed by atoms with Gasteiger partial charge in [-0.2, -0.15) is 0 Å². The number of rotatable bonds is 7. The van der Waals surface area contributed by atoms with Crippen LogP contribution in [0.5, 0.6) is 0 Å². The van der Waals surface area contributed by atoms with E-state index in [0.29, 0.717) is 44.0 Å².